The number of rotatable bonds is 8. The molecule has 2 fully saturated rings. The van der Waals surface area contributed by atoms with E-state index in [1.807, 2.05) is 19.1 Å². The van der Waals surface area contributed by atoms with Gasteiger partial charge in [-0.25, -0.2) is 0 Å². The predicted molar refractivity (Wildman–Crippen MR) is 116 cm³/mol. The number of allylic oxidation sites excluding steroid dienone is 3. The number of halogens is 2. The van der Waals surface area contributed by atoms with Gasteiger partial charge < -0.3 is 4.74 Å². The minimum absolute atomic E-state index is 0.0234. The van der Waals surface area contributed by atoms with Gasteiger partial charge in [-0.3, -0.25) is 0 Å². The van der Waals surface area contributed by atoms with E-state index in [9.17, 15) is 8.78 Å². The van der Waals surface area contributed by atoms with E-state index in [1.165, 1.54) is 31.2 Å². The lowest BCUT2D eigenvalue weighted by molar-refractivity contribution is -0.256. The first-order valence-corrected chi connectivity index (χ1v) is 11.3. The van der Waals surface area contributed by atoms with Crippen LogP contribution in [0.4, 0.5) is 8.78 Å². The highest BCUT2D eigenvalue weighted by Crippen LogP contribution is 2.38. The van der Waals surface area contributed by atoms with E-state index in [2.05, 4.69) is 36.9 Å². The first-order valence-electron chi connectivity index (χ1n) is 11.3. The zero-order valence-corrected chi connectivity index (χ0v) is 17.8. The minimum atomic E-state index is -3.04. The lowest BCUT2D eigenvalue weighted by Crippen LogP contribution is -2.26. The number of ether oxygens (including phenoxy) is 1. The van der Waals surface area contributed by atoms with Gasteiger partial charge in [0.2, 0.25) is 0 Å². The van der Waals surface area contributed by atoms with E-state index in [0.29, 0.717) is 17.8 Å². The largest absolute Gasteiger partial charge is 0.356 e. The summed E-state index contributed by atoms with van der Waals surface area (Å²) >= 11 is 0. The van der Waals surface area contributed by atoms with E-state index < -0.39 is 6.11 Å². The van der Waals surface area contributed by atoms with Crippen LogP contribution in [0.5, 0.6) is 0 Å². The Morgan fingerprint density at radius 2 is 1.59 bits per heavy atom. The second kappa shape index (κ2) is 10.5. The molecule has 3 heteroatoms. The van der Waals surface area contributed by atoms with Crippen molar-refractivity contribution in [2.45, 2.75) is 83.3 Å². The van der Waals surface area contributed by atoms with E-state index in [0.717, 1.165) is 31.2 Å². The van der Waals surface area contributed by atoms with Crippen LogP contribution in [0.2, 0.25) is 0 Å². The van der Waals surface area contributed by atoms with Crippen LogP contribution in [0.25, 0.3) is 0 Å². The molecule has 0 aliphatic heterocycles. The van der Waals surface area contributed by atoms with Gasteiger partial charge in [0.15, 0.2) is 0 Å². The molecule has 0 saturated heterocycles. The molecule has 1 aromatic rings. The summed E-state index contributed by atoms with van der Waals surface area (Å²) in [7, 11) is 0. The Morgan fingerprint density at radius 1 is 0.966 bits per heavy atom. The Morgan fingerprint density at radius 3 is 2.17 bits per heavy atom. The van der Waals surface area contributed by atoms with Crippen molar-refractivity contribution in [2.75, 3.05) is 0 Å². The highest BCUT2D eigenvalue weighted by atomic mass is 19.3. The number of benzene rings is 1. The summed E-state index contributed by atoms with van der Waals surface area (Å²) in [5.74, 6) is 1.87. The zero-order valence-electron chi connectivity index (χ0n) is 17.8. The van der Waals surface area contributed by atoms with Crippen molar-refractivity contribution >= 4 is 0 Å². The van der Waals surface area contributed by atoms with Gasteiger partial charge in [0, 0.05) is 6.42 Å². The molecule has 0 heterocycles. The molecule has 2 saturated carbocycles. The van der Waals surface area contributed by atoms with Gasteiger partial charge >= 0.3 is 6.11 Å². The van der Waals surface area contributed by atoms with Crippen LogP contribution in [-0.2, 0) is 11.3 Å². The SMILES string of the molecule is C=C[C@H]1CC[C@H](c2ccc(COC(F)(F)C[C@H]3CC[C@H](C=CC)CC3)cc2)CC1. The van der Waals surface area contributed by atoms with E-state index in [1.54, 1.807) is 0 Å². The maximum absolute atomic E-state index is 14.3. The second-order valence-corrected chi connectivity index (χ2v) is 9.03. The molecule has 1 nitrogen and oxygen atoms in total. The van der Waals surface area contributed by atoms with Crippen LogP contribution < -0.4 is 0 Å². The summed E-state index contributed by atoms with van der Waals surface area (Å²) in [6.07, 6.45) is 11.7. The van der Waals surface area contributed by atoms with Crippen LogP contribution in [0.15, 0.2) is 49.1 Å². The summed E-state index contributed by atoms with van der Waals surface area (Å²) in [6.45, 7) is 5.90. The lowest BCUT2D eigenvalue weighted by Gasteiger charge is -2.29. The quantitative estimate of drug-likeness (QED) is 0.400. The molecule has 0 unspecified atom stereocenters. The first kappa shape index (κ1) is 22.2. The number of hydrogen-bond acceptors (Lipinski definition) is 1. The van der Waals surface area contributed by atoms with Crippen LogP contribution in [0.1, 0.15) is 81.8 Å². The molecule has 0 radical (unpaired) electrons. The van der Waals surface area contributed by atoms with Crippen molar-refractivity contribution < 1.29 is 13.5 Å². The van der Waals surface area contributed by atoms with Crippen molar-refractivity contribution in [3.05, 3.63) is 60.2 Å². The molecule has 0 aromatic heterocycles. The van der Waals surface area contributed by atoms with E-state index in [4.69, 9.17) is 4.74 Å². The van der Waals surface area contributed by atoms with Gasteiger partial charge in [-0.15, -0.1) is 6.58 Å². The summed E-state index contributed by atoms with van der Waals surface area (Å²) in [4.78, 5) is 0. The molecular formula is C26H36F2O. The molecule has 29 heavy (non-hydrogen) atoms. The lowest BCUT2D eigenvalue weighted by atomic mass is 9.79. The molecule has 0 atom stereocenters. The Hall–Kier alpha value is -1.48. The fourth-order valence-corrected chi connectivity index (χ4v) is 5.02. The zero-order chi connectivity index (χ0) is 20.7. The van der Waals surface area contributed by atoms with Crippen LogP contribution >= 0.6 is 0 Å². The van der Waals surface area contributed by atoms with Crippen molar-refractivity contribution in [3.63, 3.8) is 0 Å². The Balaban J connectivity index is 1.43. The third kappa shape index (κ3) is 6.77. The fraction of sp³-hybridized carbons (Fsp3) is 0.615. The minimum Gasteiger partial charge on any atom is -0.316 e. The summed E-state index contributed by atoms with van der Waals surface area (Å²) < 4.78 is 33.7. The van der Waals surface area contributed by atoms with Gasteiger partial charge in [0.1, 0.15) is 0 Å². The maximum atomic E-state index is 14.3. The average molecular weight is 403 g/mol. The molecule has 160 valence electrons. The molecule has 0 amide bonds. The topological polar surface area (TPSA) is 9.23 Å². The second-order valence-electron chi connectivity index (χ2n) is 9.03. The van der Waals surface area contributed by atoms with Crippen molar-refractivity contribution in [3.8, 4) is 0 Å². The first-order chi connectivity index (χ1) is 14.0. The van der Waals surface area contributed by atoms with Crippen molar-refractivity contribution in [1.29, 1.82) is 0 Å². The molecule has 2 aliphatic rings. The third-order valence-corrected chi connectivity index (χ3v) is 6.89. The predicted octanol–water partition coefficient (Wildman–Crippen LogP) is 8.03. The van der Waals surface area contributed by atoms with Gasteiger partial charge in [-0.05, 0) is 93.1 Å². The van der Waals surface area contributed by atoms with Gasteiger partial charge in [0.05, 0.1) is 6.61 Å². The smallest absolute Gasteiger partial charge is 0.316 e. The summed E-state index contributed by atoms with van der Waals surface area (Å²) in [5, 5.41) is 0. The highest BCUT2D eigenvalue weighted by molar-refractivity contribution is 5.25. The third-order valence-electron chi connectivity index (χ3n) is 6.89. The monoisotopic (exact) mass is 402 g/mol. The number of hydrogen-bond donors (Lipinski definition) is 0. The Bertz CT molecular complexity index is 648. The van der Waals surface area contributed by atoms with Gasteiger partial charge in [0.25, 0.3) is 0 Å². The average Bonchev–Trinajstić information content (AvgIpc) is 2.74. The van der Waals surface area contributed by atoms with Crippen LogP contribution in [-0.4, -0.2) is 6.11 Å². The Kier molecular flexibility index (Phi) is 8.06. The molecule has 0 N–H and O–H groups in total. The molecule has 0 spiro atoms. The highest BCUT2D eigenvalue weighted by Gasteiger charge is 2.35. The summed E-state index contributed by atoms with van der Waals surface area (Å²) in [6, 6.07) is 8.09. The molecule has 0 bridgehead atoms. The van der Waals surface area contributed by atoms with Crippen LogP contribution in [0, 0.1) is 17.8 Å². The maximum Gasteiger partial charge on any atom is 0.356 e. The molecule has 2 aliphatic carbocycles. The Labute approximate surface area is 175 Å². The van der Waals surface area contributed by atoms with E-state index >= 15 is 0 Å². The summed E-state index contributed by atoms with van der Waals surface area (Å²) in [5.41, 5.74) is 2.14. The van der Waals surface area contributed by atoms with Gasteiger partial charge in [-0.2, -0.15) is 8.78 Å². The van der Waals surface area contributed by atoms with E-state index in [-0.39, 0.29) is 18.9 Å². The van der Waals surface area contributed by atoms with Gasteiger partial charge in [-0.1, -0.05) is 42.5 Å². The fourth-order valence-electron chi connectivity index (χ4n) is 5.02. The van der Waals surface area contributed by atoms with Crippen molar-refractivity contribution in [1.82, 2.24) is 0 Å². The normalized spacial score (nSPS) is 28.5. The molecule has 3 rings (SSSR count). The molecular weight excluding hydrogens is 366 g/mol. The standard InChI is InChI=1S/C26H36F2O/c1-3-5-21-6-8-22(9-7-21)18-26(27,28)29-19-23-12-16-25(17-13-23)24-14-10-20(4-2)11-15-24/h3-5,12-13,16-17,20-22,24H,2,6-11,14-15,18-19H2,1H3/t20-,21-,22-,24-. The van der Waals surface area contributed by atoms with Crippen molar-refractivity contribution in [2.24, 2.45) is 17.8 Å². The van der Waals surface area contributed by atoms with Crippen LogP contribution in [0.3, 0.4) is 0 Å². The number of alkyl halides is 2. The molecule has 1 aromatic carbocycles.